The van der Waals surface area contributed by atoms with E-state index in [1.807, 2.05) is 5.32 Å². The zero-order valence-electron chi connectivity index (χ0n) is 22.7. The molecule has 0 fully saturated rings. The first-order chi connectivity index (χ1) is 19.1. The molecule has 3 aliphatic rings. The van der Waals surface area contributed by atoms with Gasteiger partial charge in [-0.25, -0.2) is 4.79 Å². The minimum Gasteiger partial charge on any atom is -0.510 e. The molecule has 4 rings (SSSR count). The average molecular weight is 574 g/mol. The number of hydrogen-bond acceptors (Lipinski definition) is 12. The molecule has 3 aliphatic carbocycles. The van der Waals surface area contributed by atoms with Crippen LogP contribution in [0.15, 0.2) is 28.7 Å². The van der Waals surface area contributed by atoms with Crippen molar-refractivity contribution in [3.8, 4) is 5.75 Å². The Kier molecular flexibility index (Phi) is 7.32. The number of ketones is 2. The third kappa shape index (κ3) is 4.38. The maximum absolute atomic E-state index is 13.9. The van der Waals surface area contributed by atoms with Crippen LogP contribution in [0.25, 0.3) is 0 Å². The summed E-state index contributed by atoms with van der Waals surface area (Å²) in [6, 6.07) is -0.845. The smallest absolute Gasteiger partial charge is 0.326 e. The van der Waals surface area contributed by atoms with Crippen molar-refractivity contribution in [2.75, 3.05) is 45.0 Å². The summed E-state index contributed by atoms with van der Waals surface area (Å²) in [5.41, 5.74) is 1.43. The zero-order valence-corrected chi connectivity index (χ0v) is 22.7. The lowest BCUT2D eigenvalue weighted by atomic mass is 9.58. The van der Waals surface area contributed by atoms with E-state index in [0.29, 0.717) is 11.3 Å². The van der Waals surface area contributed by atoms with E-state index in [9.17, 15) is 44.4 Å². The van der Waals surface area contributed by atoms with E-state index < -0.39 is 82.3 Å². The number of hydrogen-bond donors (Lipinski definition) is 8. The van der Waals surface area contributed by atoms with Crippen LogP contribution >= 0.6 is 0 Å². The number of phenolic OH excluding ortho intramolecular Hbond substituents is 1. The first-order valence-corrected chi connectivity index (χ1v) is 12.5. The molecule has 1 aromatic rings. The fraction of sp³-hybridized carbons (Fsp3) is 0.423. The predicted molar refractivity (Wildman–Crippen MR) is 142 cm³/mol. The van der Waals surface area contributed by atoms with Crippen molar-refractivity contribution < 1.29 is 49.5 Å². The summed E-state index contributed by atoms with van der Waals surface area (Å²) in [6.07, 6.45) is -0.0316. The molecule has 15 nitrogen and oxygen atoms in total. The van der Waals surface area contributed by atoms with Gasteiger partial charge >= 0.3 is 6.03 Å². The van der Waals surface area contributed by atoms with E-state index in [2.05, 4.69) is 5.32 Å². The number of benzene rings is 1. The van der Waals surface area contributed by atoms with Gasteiger partial charge in [-0.15, -0.1) is 0 Å². The van der Waals surface area contributed by atoms with Gasteiger partial charge in [-0.3, -0.25) is 29.4 Å². The number of nitrogens with two attached hydrogens (primary N) is 1. The Morgan fingerprint density at radius 3 is 2.29 bits per heavy atom. The number of imide groups is 1. The highest BCUT2D eigenvalue weighted by molar-refractivity contribution is 6.25. The van der Waals surface area contributed by atoms with E-state index in [1.54, 1.807) is 19.0 Å². The topological polar surface area (TPSA) is 243 Å². The number of carbonyl (C=O) groups is 5. The molecule has 41 heavy (non-hydrogen) atoms. The second kappa shape index (κ2) is 10.2. The monoisotopic (exact) mass is 573 g/mol. The highest BCUT2D eigenvalue weighted by atomic mass is 16.3. The third-order valence-electron chi connectivity index (χ3n) is 7.83. The number of allylic oxidation sites excluding steroid dienone is 1. The van der Waals surface area contributed by atoms with E-state index >= 15 is 0 Å². The first kappa shape index (κ1) is 29.5. The molecule has 1 aromatic carbocycles. The number of carbonyl (C=O) groups excluding carboxylic acids is 5. The molecule has 0 bridgehead atoms. The summed E-state index contributed by atoms with van der Waals surface area (Å²) >= 11 is 0. The Morgan fingerprint density at radius 2 is 1.76 bits per heavy atom. The van der Waals surface area contributed by atoms with Crippen LogP contribution < -0.4 is 21.3 Å². The molecule has 4 atom stereocenters. The molecule has 15 heteroatoms. The number of primary amides is 1. The summed E-state index contributed by atoms with van der Waals surface area (Å²) < 4.78 is 0. The van der Waals surface area contributed by atoms with Crippen molar-refractivity contribution in [1.82, 2.24) is 10.2 Å². The number of rotatable bonds is 5. The van der Waals surface area contributed by atoms with Gasteiger partial charge < -0.3 is 41.5 Å². The van der Waals surface area contributed by atoms with Gasteiger partial charge in [-0.05, 0) is 44.5 Å². The molecule has 0 unspecified atom stereocenters. The third-order valence-corrected chi connectivity index (χ3v) is 7.83. The molecule has 4 amide bonds. The number of phenols is 1. The number of likely N-dealkylation sites (N-methyl/N-ethyl adjacent to an activating group) is 1. The van der Waals surface area contributed by atoms with Crippen LogP contribution in [0, 0.1) is 11.8 Å². The van der Waals surface area contributed by atoms with Gasteiger partial charge in [0.2, 0.25) is 5.78 Å². The summed E-state index contributed by atoms with van der Waals surface area (Å²) in [5, 5.41) is 58.0. The number of amides is 4. The molecule has 0 heterocycles. The minimum atomic E-state index is -2.79. The Hall–Kier alpha value is -4.47. The quantitative estimate of drug-likeness (QED) is 0.153. The van der Waals surface area contributed by atoms with E-state index in [1.165, 1.54) is 25.1 Å². The van der Waals surface area contributed by atoms with E-state index in [0.717, 1.165) is 0 Å². The van der Waals surface area contributed by atoms with Gasteiger partial charge in [-0.2, -0.15) is 0 Å². The minimum absolute atomic E-state index is 0.0467. The van der Waals surface area contributed by atoms with Crippen LogP contribution in [-0.4, -0.2) is 106 Å². The number of aromatic hydroxyl groups is 1. The maximum atomic E-state index is 13.9. The lowest BCUT2D eigenvalue weighted by molar-refractivity contribution is -0.148. The van der Waals surface area contributed by atoms with Gasteiger partial charge in [-0.1, -0.05) is 0 Å². The molecule has 0 radical (unpaired) electrons. The van der Waals surface area contributed by atoms with Gasteiger partial charge in [0.25, 0.3) is 11.8 Å². The van der Waals surface area contributed by atoms with Gasteiger partial charge in [0, 0.05) is 31.3 Å². The van der Waals surface area contributed by atoms with Crippen LogP contribution in [0.3, 0.4) is 0 Å². The predicted octanol–water partition coefficient (Wildman–Crippen LogP) is -1.17. The van der Waals surface area contributed by atoms with Crippen LogP contribution in [-0.2, 0) is 20.8 Å². The summed E-state index contributed by atoms with van der Waals surface area (Å²) in [6.45, 7) is -0.971. The number of urea groups is 1. The van der Waals surface area contributed by atoms with Crippen molar-refractivity contribution in [1.29, 1.82) is 0 Å². The van der Waals surface area contributed by atoms with Crippen molar-refractivity contribution >= 4 is 40.8 Å². The lowest BCUT2D eigenvalue weighted by Gasteiger charge is -2.50. The first-order valence-electron chi connectivity index (χ1n) is 12.5. The number of anilines is 2. The fourth-order valence-electron chi connectivity index (χ4n) is 6.11. The Labute approximate surface area is 233 Å². The van der Waals surface area contributed by atoms with Crippen molar-refractivity contribution in [3.05, 3.63) is 39.9 Å². The maximum Gasteiger partial charge on any atom is 0.326 e. The number of Topliss-reactive ketones (excluding diaryl/α,β-unsaturated/α-hetero) is 2. The SMILES string of the molecule is CN(C)c1cc(NC(=O)NC(=O)CO)c(O)c2c1C[C@H]1C[C@H]3[C@H](N(C)C)C(O)=C(C(N)=O)C(=O)[C@@]3(O)C(O)=C1C2=O. The normalized spacial score (nSPS) is 25.4. The molecular weight excluding hydrogens is 542 g/mol. The molecule has 0 spiro atoms. The molecule has 0 saturated heterocycles. The van der Waals surface area contributed by atoms with E-state index in [-0.39, 0.29) is 29.7 Å². The number of nitrogens with zero attached hydrogens (tertiary/aromatic N) is 2. The summed E-state index contributed by atoms with van der Waals surface area (Å²) in [4.78, 5) is 66.1. The largest absolute Gasteiger partial charge is 0.510 e. The summed E-state index contributed by atoms with van der Waals surface area (Å²) in [7, 11) is 6.37. The molecule has 9 N–H and O–H groups in total. The Bertz CT molecular complexity index is 1460. The fourth-order valence-corrected chi connectivity index (χ4v) is 6.11. The zero-order chi connectivity index (χ0) is 30.7. The molecular formula is C26H31N5O10. The standard InChI is InChI=1S/C26H31N5O10/c1-30(2)13-7-12(28-25(40)29-14(33)8-32)19(34)16-10(13)5-9-6-11-18(31(3)4)21(36)17(24(27)39)23(38)26(11,41)22(37)15(9)20(16)35/h7,9,11,18,32,34,36-37,41H,5-6,8H2,1-4H3,(H2,27,39)(H2,28,29,33,40)/t9-,11-,18-,26-/m0/s1. The second-order valence-corrected chi connectivity index (χ2v) is 10.7. The van der Waals surface area contributed by atoms with Crippen LogP contribution in [0.2, 0.25) is 0 Å². The van der Waals surface area contributed by atoms with Gasteiger partial charge in [0.05, 0.1) is 17.3 Å². The highest BCUT2D eigenvalue weighted by Gasteiger charge is 2.63. The van der Waals surface area contributed by atoms with Gasteiger partial charge in [0.15, 0.2) is 17.1 Å². The van der Waals surface area contributed by atoms with E-state index in [4.69, 9.17) is 10.8 Å². The molecule has 0 saturated carbocycles. The van der Waals surface area contributed by atoms with Crippen LogP contribution in [0.4, 0.5) is 16.2 Å². The molecule has 0 aliphatic heterocycles. The van der Waals surface area contributed by atoms with Crippen molar-refractivity contribution in [2.45, 2.75) is 24.5 Å². The Morgan fingerprint density at radius 1 is 1.12 bits per heavy atom. The van der Waals surface area contributed by atoms with Gasteiger partial charge in [0.1, 0.15) is 23.7 Å². The molecule has 0 aromatic heterocycles. The van der Waals surface area contributed by atoms with Crippen LogP contribution in [0.5, 0.6) is 5.75 Å². The number of fused-ring (bicyclic) bond motifs is 3. The number of aliphatic hydroxyl groups is 4. The highest BCUT2D eigenvalue weighted by Crippen LogP contribution is 2.53. The lowest BCUT2D eigenvalue weighted by Crippen LogP contribution is -2.63. The number of aliphatic hydroxyl groups excluding tert-OH is 3. The van der Waals surface area contributed by atoms with Crippen molar-refractivity contribution in [2.24, 2.45) is 17.6 Å². The Balaban J connectivity index is 1.91. The summed E-state index contributed by atoms with van der Waals surface area (Å²) in [5.74, 6) is -8.97. The molecule has 220 valence electrons. The second-order valence-electron chi connectivity index (χ2n) is 10.7. The number of nitrogens with one attached hydrogen (secondary N) is 2. The van der Waals surface area contributed by atoms with Crippen molar-refractivity contribution in [3.63, 3.8) is 0 Å². The van der Waals surface area contributed by atoms with Crippen LogP contribution in [0.1, 0.15) is 22.3 Å². The average Bonchev–Trinajstić information content (AvgIpc) is 2.87.